The molecule has 0 aromatic heterocycles. The smallest absolute Gasteiger partial charge is 0.237 e. The van der Waals surface area contributed by atoms with Crippen molar-refractivity contribution in [1.82, 2.24) is 0 Å². The number of halogens is 2. The molecular weight excluding hydrogens is 257 g/mol. The van der Waals surface area contributed by atoms with E-state index in [1.807, 2.05) is 4.72 Å². The van der Waals surface area contributed by atoms with Crippen molar-refractivity contribution in [2.45, 2.75) is 12.2 Å². The largest absolute Gasteiger partial charge is 0.395 e. The zero-order valence-corrected chi connectivity index (χ0v) is 10.0. The van der Waals surface area contributed by atoms with Gasteiger partial charge in [0, 0.05) is 0 Å². The molecule has 0 spiro atoms. The minimum atomic E-state index is -3.80. The van der Waals surface area contributed by atoms with Gasteiger partial charge in [0.1, 0.15) is 5.25 Å². The van der Waals surface area contributed by atoms with Crippen LogP contribution in [-0.4, -0.2) is 25.4 Å². The molecule has 1 unspecified atom stereocenters. The summed E-state index contributed by atoms with van der Waals surface area (Å²) in [6.07, 6.45) is 0. The molecule has 16 heavy (non-hydrogen) atoms. The van der Waals surface area contributed by atoms with Gasteiger partial charge in [-0.05, 0) is 19.1 Å². The summed E-state index contributed by atoms with van der Waals surface area (Å²) < 4.78 is 38.4. The van der Waals surface area contributed by atoms with Crippen LogP contribution >= 0.6 is 11.6 Å². The molecule has 0 fully saturated rings. The number of hydrogen-bond acceptors (Lipinski definition) is 3. The fourth-order valence-corrected chi connectivity index (χ4v) is 1.97. The maximum Gasteiger partial charge on any atom is 0.237 e. The van der Waals surface area contributed by atoms with Crippen LogP contribution in [-0.2, 0) is 10.0 Å². The highest BCUT2D eigenvalue weighted by Gasteiger charge is 2.21. The van der Waals surface area contributed by atoms with Gasteiger partial charge < -0.3 is 5.11 Å². The quantitative estimate of drug-likeness (QED) is 0.871. The predicted molar refractivity (Wildman–Crippen MR) is 60.5 cm³/mol. The van der Waals surface area contributed by atoms with Crippen molar-refractivity contribution in [3.63, 3.8) is 0 Å². The molecule has 0 radical (unpaired) electrons. The summed E-state index contributed by atoms with van der Waals surface area (Å²) in [7, 11) is -3.80. The van der Waals surface area contributed by atoms with E-state index >= 15 is 0 Å². The second kappa shape index (κ2) is 4.99. The maximum absolute atomic E-state index is 13.4. The maximum atomic E-state index is 13.4. The summed E-state index contributed by atoms with van der Waals surface area (Å²) in [5.74, 6) is -0.835. The lowest BCUT2D eigenvalue weighted by molar-refractivity contribution is 0.296. The zero-order valence-electron chi connectivity index (χ0n) is 8.44. The molecular formula is C9H11ClFNO3S. The van der Waals surface area contributed by atoms with Gasteiger partial charge in [0.05, 0.1) is 17.3 Å². The van der Waals surface area contributed by atoms with Gasteiger partial charge >= 0.3 is 0 Å². The number of benzene rings is 1. The Balaban J connectivity index is 3.02. The van der Waals surface area contributed by atoms with E-state index in [0.717, 1.165) is 0 Å². The summed E-state index contributed by atoms with van der Waals surface area (Å²) in [5, 5.41) is 7.54. The van der Waals surface area contributed by atoms with Crippen molar-refractivity contribution in [3.05, 3.63) is 29.0 Å². The van der Waals surface area contributed by atoms with Crippen molar-refractivity contribution in [2.24, 2.45) is 0 Å². The van der Waals surface area contributed by atoms with Crippen molar-refractivity contribution in [2.75, 3.05) is 11.3 Å². The second-order valence-electron chi connectivity index (χ2n) is 3.24. The van der Waals surface area contributed by atoms with Gasteiger partial charge in [0.2, 0.25) is 10.0 Å². The lowest BCUT2D eigenvalue weighted by Crippen LogP contribution is -2.28. The average Bonchev–Trinajstić information content (AvgIpc) is 2.23. The third-order valence-corrected chi connectivity index (χ3v) is 4.00. The highest BCUT2D eigenvalue weighted by molar-refractivity contribution is 7.93. The van der Waals surface area contributed by atoms with Crippen LogP contribution in [0.25, 0.3) is 0 Å². The first kappa shape index (κ1) is 13.2. The number of rotatable bonds is 4. The topological polar surface area (TPSA) is 66.4 Å². The molecule has 0 amide bonds. The molecule has 1 atom stereocenters. The molecule has 1 rings (SSSR count). The Morgan fingerprint density at radius 2 is 2.19 bits per heavy atom. The minimum Gasteiger partial charge on any atom is -0.395 e. The summed E-state index contributed by atoms with van der Waals surface area (Å²) in [6, 6.07) is 3.99. The van der Waals surface area contributed by atoms with Crippen LogP contribution in [0, 0.1) is 5.82 Å². The van der Waals surface area contributed by atoms with E-state index in [4.69, 9.17) is 16.7 Å². The van der Waals surface area contributed by atoms with Gasteiger partial charge in [-0.15, -0.1) is 0 Å². The number of anilines is 1. The first-order valence-corrected chi connectivity index (χ1v) is 6.37. The molecule has 7 heteroatoms. The fourth-order valence-electron chi connectivity index (χ4n) is 0.935. The average molecular weight is 268 g/mol. The van der Waals surface area contributed by atoms with Crippen LogP contribution in [0.2, 0.25) is 5.02 Å². The van der Waals surface area contributed by atoms with Gasteiger partial charge in [-0.2, -0.15) is 0 Å². The SMILES string of the molecule is CC(CO)S(=O)(=O)Nc1cccc(Cl)c1F. The summed E-state index contributed by atoms with van der Waals surface area (Å²) >= 11 is 5.50. The Labute approximate surface area is 98.1 Å². The van der Waals surface area contributed by atoms with Gasteiger partial charge in [-0.3, -0.25) is 4.72 Å². The third kappa shape index (κ3) is 2.84. The van der Waals surface area contributed by atoms with Gasteiger partial charge in [-0.25, -0.2) is 12.8 Å². The van der Waals surface area contributed by atoms with Gasteiger partial charge in [0.25, 0.3) is 0 Å². The van der Waals surface area contributed by atoms with E-state index in [9.17, 15) is 12.8 Å². The summed E-state index contributed by atoms with van der Waals surface area (Å²) in [4.78, 5) is 0. The Morgan fingerprint density at radius 3 is 2.75 bits per heavy atom. The Hall–Kier alpha value is -0.850. The van der Waals surface area contributed by atoms with Crippen molar-refractivity contribution in [1.29, 1.82) is 0 Å². The summed E-state index contributed by atoms with van der Waals surface area (Å²) in [5.41, 5.74) is -0.229. The standard InChI is InChI=1S/C9H11ClFNO3S/c1-6(5-13)16(14,15)12-8-4-2-3-7(10)9(8)11/h2-4,6,12-13H,5H2,1H3. The molecule has 2 N–H and O–H groups in total. The van der Waals surface area contributed by atoms with E-state index in [0.29, 0.717) is 0 Å². The van der Waals surface area contributed by atoms with Gasteiger partial charge in [-0.1, -0.05) is 17.7 Å². The molecule has 0 saturated carbocycles. The van der Waals surface area contributed by atoms with E-state index in [1.54, 1.807) is 0 Å². The van der Waals surface area contributed by atoms with Gasteiger partial charge in [0.15, 0.2) is 5.82 Å². The molecule has 0 aliphatic rings. The Morgan fingerprint density at radius 1 is 1.56 bits per heavy atom. The van der Waals surface area contributed by atoms with E-state index in [2.05, 4.69) is 0 Å². The molecule has 0 aliphatic carbocycles. The molecule has 4 nitrogen and oxygen atoms in total. The van der Waals surface area contributed by atoms with Crippen LogP contribution in [0.5, 0.6) is 0 Å². The molecule has 1 aromatic rings. The van der Waals surface area contributed by atoms with Crippen LogP contribution in [0.3, 0.4) is 0 Å². The van der Waals surface area contributed by atoms with E-state index < -0.39 is 27.7 Å². The third-order valence-electron chi connectivity index (χ3n) is 1.99. The van der Waals surface area contributed by atoms with E-state index in [1.165, 1.54) is 25.1 Å². The second-order valence-corrected chi connectivity index (χ2v) is 5.75. The number of nitrogens with one attached hydrogen (secondary N) is 1. The molecule has 90 valence electrons. The molecule has 0 heterocycles. The molecule has 0 aliphatic heterocycles. The van der Waals surface area contributed by atoms with Crippen LogP contribution in [0.1, 0.15) is 6.92 Å². The number of sulfonamides is 1. The van der Waals surface area contributed by atoms with E-state index in [-0.39, 0.29) is 10.7 Å². The fraction of sp³-hybridized carbons (Fsp3) is 0.333. The summed E-state index contributed by atoms with van der Waals surface area (Å²) in [6.45, 7) is 0.766. The Bertz CT molecular complexity index is 478. The first-order valence-electron chi connectivity index (χ1n) is 4.45. The van der Waals surface area contributed by atoms with Crippen molar-refractivity contribution in [3.8, 4) is 0 Å². The lowest BCUT2D eigenvalue weighted by atomic mass is 10.3. The molecule has 0 bridgehead atoms. The number of aliphatic hydroxyl groups excluding tert-OH is 1. The highest BCUT2D eigenvalue weighted by atomic mass is 35.5. The predicted octanol–water partition coefficient (Wildman–Crippen LogP) is 1.60. The normalized spacial score (nSPS) is 13.5. The van der Waals surface area contributed by atoms with Crippen LogP contribution in [0.15, 0.2) is 18.2 Å². The zero-order chi connectivity index (χ0) is 12.3. The lowest BCUT2D eigenvalue weighted by Gasteiger charge is -2.13. The molecule has 1 aromatic carbocycles. The monoisotopic (exact) mass is 267 g/mol. The van der Waals surface area contributed by atoms with Crippen LogP contribution in [0.4, 0.5) is 10.1 Å². The Kier molecular flexibility index (Phi) is 4.12. The first-order chi connectivity index (χ1) is 7.38. The number of hydrogen-bond donors (Lipinski definition) is 2. The molecule has 0 saturated heterocycles. The minimum absolute atomic E-state index is 0.170. The number of aliphatic hydroxyl groups is 1. The van der Waals surface area contributed by atoms with Crippen molar-refractivity contribution >= 4 is 27.3 Å². The highest BCUT2D eigenvalue weighted by Crippen LogP contribution is 2.23. The van der Waals surface area contributed by atoms with Crippen LogP contribution < -0.4 is 4.72 Å². The van der Waals surface area contributed by atoms with Crippen molar-refractivity contribution < 1.29 is 17.9 Å².